The van der Waals surface area contributed by atoms with Gasteiger partial charge in [-0.05, 0) is 25.0 Å². The SMILES string of the molecule is O=C(c1ncccc1O)N1CCC[C@@H](c2ncc(C(F)(F)F)[nH]2)C1. The molecule has 1 atom stereocenters. The Morgan fingerprint density at radius 3 is 2.83 bits per heavy atom. The normalized spacial score (nSPS) is 18.6. The fourth-order valence-electron chi connectivity index (χ4n) is 2.78. The molecule has 2 aromatic heterocycles. The Kier molecular flexibility index (Phi) is 4.16. The summed E-state index contributed by atoms with van der Waals surface area (Å²) < 4.78 is 38.0. The van der Waals surface area contributed by atoms with E-state index in [1.807, 2.05) is 0 Å². The van der Waals surface area contributed by atoms with E-state index in [9.17, 15) is 23.1 Å². The summed E-state index contributed by atoms with van der Waals surface area (Å²) in [6, 6.07) is 2.87. The summed E-state index contributed by atoms with van der Waals surface area (Å²) in [5.41, 5.74) is -0.961. The van der Waals surface area contributed by atoms with Gasteiger partial charge in [-0.2, -0.15) is 13.2 Å². The average molecular weight is 340 g/mol. The topological polar surface area (TPSA) is 82.1 Å². The zero-order valence-corrected chi connectivity index (χ0v) is 12.5. The van der Waals surface area contributed by atoms with Gasteiger partial charge in [0.05, 0.1) is 6.20 Å². The smallest absolute Gasteiger partial charge is 0.432 e. The first-order valence-corrected chi connectivity index (χ1v) is 7.41. The van der Waals surface area contributed by atoms with Crippen LogP contribution >= 0.6 is 0 Å². The summed E-state index contributed by atoms with van der Waals surface area (Å²) in [6.45, 7) is 0.678. The van der Waals surface area contributed by atoms with Gasteiger partial charge in [-0.1, -0.05) is 0 Å². The van der Waals surface area contributed by atoms with Gasteiger partial charge in [0.1, 0.15) is 17.3 Å². The van der Waals surface area contributed by atoms with E-state index >= 15 is 0 Å². The second-order valence-electron chi connectivity index (χ2n) is 5.64. The summed E-state index contributed by atoms with van der Waals surface area (Å²) >= 11 is 0. The first-order chi connectivity index (χ1) is 11.4. The molecule has 3 heterocycles. The fourth-order valence-corrected chi connectivity index (χ4v) is 2.78. The van der Waals surface area contributed by atoms with Crippen molar-refractivity contribution in [3.05, 3.63) is 41.7 Å². The van der Waals surface area contributed by atoms with Crippen LogP contribution in [0.25, 0.3) is 0 Å². The first kappa shape index (κ1) is 16.3. The van der Waals surface area contributed by atoms with E-state index in [1.54, 1.807) is 0 Å². The lowest BCUT2D eigenvalue weighted by Gasteiger charge is -2.31. The number of halogens is 3. The predicted molar refractivity (Wildman–Crippen MR) is 77.4 cm³/mol. The Balaban J connectivity index is 1.76. The number of aromatic hydroxyl groups is 1. The predicted octanol–water partition coefficient (Wildman–Crippen LogP) is 2.55. The molecule has 0 bridgehead atoms. The van der Waals surface area contributed by atoms with Crippen molar-refractivity contribution < 1.29 is 23.1 Å². The van der Waals surface area contributed by atoms with Crippen LogP contribution in [0.5, 0.6) is 5.75 Å². The molecule has 1 aliphatic rings. The van der Waals surface area contributed by atoms with Gasteiger partial charge in [-0.3, -0.25) is 4.79 Å². The number of likely N-dealkylation sites (tertiary alicyclic amines) is 1. The van der Waals surface area contributed by atoms with E-state index in [4.69, 9.17) is 0 Å². The third kappa shape index (κ3) is 3.19. The largest absolute Gasteiger partial charge is 0.505 e. The number of alkyl halides is 3. The van der Waals surface area contributed by atoms with Crippen molar-refractivity contribution in [1.29, 1.82) is 0 Å². The average Bonchev–Trinajstić information content (AvgIpc) is 3.05. The number of carbonyl (C=O) groups excluding carboxylic acids is 1. The maximum atomic E-state index is 12.7. The lowest BCUT2D eigenvalue weighted by molar-refractivity contribution is -0.141. The summed E-state index contributed by atoms with van der Waals surface area (Å²) in [6.07, 6.45) is -1.05. The van der Waals surface area contributed by atoms with Crippen LogP contribution in [-0.4, -0.2) is 44.0 Å². The highest BCUT2D eigenvalue weighted by Gasteiger charge is 2.35. The van der Waals surface area contributed by atoms with Crippen LogP contribution < -0.4 is 0 Å². The molecule has 0 aromatic carbocycles. The van der Waals surface area contributed by atoms with Crippen molar-refractivity contribution >= 4 is 5.91 Å². The van der Waals surface area contributed by atoms with E-state index in [1.165, 1.54) is 23.2 Å². The van der Waals surface area contributed by atoms with E-state index in [2.05, 4.69) is 15.0 Å². The molecule has 2 N–H and O–H groups in total. The zero-order valence-electron chi connectivity index (χ0n) is 12.5. The highest BCUT2D eigenvalue weighted by molar-refractivity contribution is 5.94. The molecule has 0 spiro atoms. The molecular formula is C15H15F3N4O2. The van der Waals surface area contributed by atoms with Crippen LogP contribution in [0.4, 0.5) is 13.2 Å². The molecule has 24 heavy (non-hydrogen) atoms. The molecule has 1 fully saturated rings. The Bertz CT molecular complexity index is 744. The standard InChI is InChI=1S/C15H15F3N4O2/c16-15(17,18)11-7-20-13(21-11)9-3-2-6-22(8-9)14(24)12-10(23)4-1-5-19-12/h1,4-5,7,9,23H,2-3,6,8H2,(H,20,21)/t9-/m1/s1. The second kappa shape index (κ2) is 6.14. The summed E-state index contributed by atoms with van der Waals surface area (Å²) in [5.74, 6) is -0.767. The molecule has 1 amide bonds. The fraction of sp³-hybridized carbons (Fsp3) is 0.400. The van der Waals surface area contributed by atoms with Crippen molar-refractivity contribution in [2.75, 3.05) is 13.1 Å². The number of amides is 1. The Morgan fingerprint density at radius 2 is 2.17 bits per heavy atom. The molecule has 1 saturated heterocycles. The van der Waals surface area contributed by atoms with Crippen molar-refractivity contribution in [2.24, 2.45) is 0 Å². The third-order valence-electron chi connectivity index (χ3n) is 3.99. The van der Waals surface area contributed by atoms with Gasteiger partial charge >= 0.3 is 6.18 Å². The lowest BCUT2D eigenvalue weighted by Crippen LogP contribution is -2.39. The maximum Gasteiger partial charge on any atom is 0.432 e. The summed E-state index contributed by atoms with van der Waals surface area (Å²) in [4.78, 5) is 23.9. The summed E-state index contributed by atoms with van der Waals surface area (Å²) in [5, 5.41) is 9.73. The minimum atomic E-state index is -4.48. The van der Waals surface area contributed by atoms with Crippen LogP contribution in [0.2, 0.25) is 0 Å². The molecule has 2 aromatic rings. The van der Waals surface area contributed by atoms with Gasteiger partial charge in [0.25, 0.3) is 5.91 Å². The van der Waals surface area contributed by atoms with E-state index in [0.717, 1.165) is 6.20 Å². The zero-order chi connectivity index (χ0) is 17.3. The van der Waals surface area contributed by atoms with E-state index in [-0.39, 0.29) is 29.7 Å². The number of carbonyl (C=O) groups is 1. The molecule has 1 aliphatic heterocycles. The van der Waals surface area contributed by atoms with Gasteiger partial charge in [0, 0.05) is 25.2 Å². The van der Waals surface area contributed by atoms with Crippen LogP contribution in [0.1, 0.15) is 40.8 Å². The molecule has 128 valence electrons. The van der Waals surface area contributed by atoms with Crippen molar-refractivity contribution in [2.45, 2.75) is 24.9 Å². The van der Waals surface area contributed by atoms with Crippen molar-refractivity contribution in [3.63, 3.8) is 0 Å². The van der Waals surface area contributed by atoms with Gasteiger partial charge in [0.15, 0.2) is 5.69 Å². The molecular weight excluding hydrogens is 325 g/mol. The number of hydrogen-bond donors (Lipinski definition) is 2. The maximum absolute atomic E-state index is 12.7. The van der Waals surface area contributed by atoms with Crippen molar-refractivity contribution in [1.82, 2.24) is 19.9 Å². The quantitative estimate of drug-likeness (QED) is 0.880. The van der Waals surface area contributed by atoms with E-state index < -0.39 is 17.8 Å². The lowest BCUT2D eigenvalue weighted by atomic mass is 9.97. The van der Waals surface area contributed by atoms with Crippen LogP contribution in [0.15, 0.2) is 24.5 Å². The molecule has 0 saturated carbocycles. The third-order valence-corrected chi connectivity index (χ3v) is 3.99. The highest BCUT2D eigenvalue weighted by Crippen LogP contribution is 2.31. The van der Waals surface area contributed by atoms with Crippen LogP contribution in [0.3, 0.4) is 0 Å². The number of hydrogen-bond acceptors (Lipinski definition) is 4. The minimum absolute atomic E-state index is 0.0615. The van der Waals surface area contributed by atoms with Gasteiger partial charge in [-0.25, -0.2) is 9.97 Å². The number of aromatic amines is 1. The number of imidazole rings is 1. The Labute approximate surface area is 135 Å². The Hall–Kier alpha value is -2.58. The minimum Gasteiger partial charge on any atom is -0.505 e. The number of piperidine rings is 1. The number of pyridine rings is 1. The number of H-pyrrole nitrogens is 1. The monoisotopic (exact) mass is 340 g/mol. The van der Waals surface area contributed by atoms with Gasteiger partial charge < -0.3 is 15.0 Å². The van der Waals surface area contributed by atoms with Crippen LogP contribution in [-0.2, 0) is 6.18 Å². The molecule has 0 unspecified atom stereocenters. The Morgan fingerprint density at radius 1 is 1.38 bits per heavy atom. The molecule has 6 nitrogen and oxygen atoms in total. The van der Waals surface area contributed by atoms with Crippen LogP contribution in [0, 0.1) is 0 Å². The number of rotatable bonds is 2. The highest BCUT2D eigenvalue weighted by atomic mass is 19.4. The first-order valence-electron chi connectivity index (χ1n) is 7.41. The summed E-state index contributed by atoms with van der Waals surface area (Å²) in [7, 11) is 0. The number of nitrogens with zero attached hydrogens (tertiary/aromatic N) is 3. The second-order valence-corrected chi connectivity index (χ2v) is 5.64. The van der Waals surface area contributed by atoms with Gasteiger partial charge in [0.2, 0.25) is 0 Å². The molecule has 9 heteroatoms. The molecule has 0 radical (unpaired) electrons. The van der Waals surface area contributed by atoms with Crippen molar-refractivity contribution in [3.8, 4) is 5.75 Å². The van der Waals surface area contributed by atoms with E-state index in [0.29, 0.717) is 19.4 Å². The molecule has 0 aliphatic carbocycles. The van der Waals surface area contributed by atoms with Gasteiger partial charge in [-0.15, -0.1) is 0 Å². The number of nitrogens with one attached hydrogen (secondary N) is 1. The molecule has 3 rings (SSSR count). The number of aromatic nitrogens is 3.